The number of aliphatic carboxylic acids is 1. The fourth-order valence-corrected chi connectivity index (χ4v) is 3.63. The van der Waals surface area contributed by atoms with E-state index in [0.717, 1.165) is 4.31 Å². The van der Waals surface area contributed by atoms with Crippen molar-refractivity contribution in [1.29, 1.82) is 0 Å². The van der Waals surface area contributed by atoms with Gasteiger partial charge in [0.1, 0.15) is 0 Å². The average molecular weight is 340 g/mol. The molecule has 0 saturated heterocycles. The lowest BCUT2D eigenvalue weighted by Crippen LogP contribution is -2.22. The fourth-order valence-electron chi connectivity index (χ4n) is 2.73. The lowest BCUT2D eigenvalue weighted by Gasteiger charge is -2.12. The van der Waals surface area contributed by atoms with Gasteiger partial charge in [-0.05, 0) is 29.7 Å². The quantitative estimate of drug-likeness (QED) is 0.839. The molecule has 0 heterocycles. The van der Waals surface area contributed by atoms with Crippen LogP contribution in [0.3, 0.4) is 0 Å². The highest BCUT2D eigenvalue weighted by molar-refractivity contribution is 7.89. The second kappa shape index (κ2) is 5.61. The first-order valence-corrected chi connectivity index (χ1v) is 8.50. The Hall–Kier alpha value is -1.93. The molecule has 0 radical (unpaired) electrons. The highest BCUT2D eigenvalue weighted by atomic mass is 32.2. The Balaban J connectivity index is 2.11. The van der Waals surface area contributed by atoms with Crippen LogP contribution in [0.1, 0.15) is 13.8 Å². The molecule has 8 heteroatoms. The zero-order valence-corrected chi connectivity index (χ0v) is 14.2. The number of anilines is 1. The van der Waals surface area contributed by atoms with Gasteiger partial charge in [-0.2, -0.15) is 0 Å². The van der Waals surface area contributed by atoms with E-state index >= 15 is 0 Å². The minimum absolute atomic E-state index is 0.121. The van der Waals surface area contributed by atoms with Crippen LogP contribution in [-0.2, 0) is 19.6 Å². The average Bonchev–Trinajstić information content (AvgIpc) is 3.02. The van der Waals surface area contributed by atoms with Crippen LogP contribution < -0.4 is 5.32 Å². The van der Waals surface area contributed by atoms with Gasteiger partial charge in [0.2, 0.25) is 15.9 Å². The predicted octanol–water partition coefficient (Wildman–Crippen LogP) is 1.23. The van der Waals surface area contributed by atoms with E-state index in [2.05, 4.69) is 5.32 Å². The fraction of sp³-hybridized carbons (Fsp3) is 0.467. The molecule has 7 nitrogen and oxygen atoms in total. The Morgan fingerprint density at radius 2 is 1.65 bits per heavy atom. The molecule has 0 aliphatic heterocycles. The molecule has 1 aromatic carbocycles. The lowest BCUT2D eigenvalue weighted by molar-refractivity contribution is -0.140. The van der Waals surface area contributed by atoms with Crippen molar-refractivity contribution in [1.82, 2.24) is 4.31 Å². The SMILES string of the molecule is CN(C)S(=O)(=O)c1ccc(NC(=O)C2C(C(=O)O)C2(C)C)cc1. The van der Waals surface area contributed by atoms with Crippen LogP contribution in [0.2, 0.25) is 0 Å². The maximum absolute atomic E-state index is 12.2. The van der Waals surface area contributed by atoms with Crippen LogP contribution in [0, 0.1) is 17.3 Å². The standard InChI is InChI=1S/C15H20N2O5S/c1-15(2)11(12(15)14(19)20)13(18)16-9-5-7-10(8-6-9)23(21,22)17(3)4/h5-8,11-12H,1-4H3,(H,16,18)(H,19,20). The van der Waals surface area contributed by atoms with E-state index < -0.39 is 33.2 Å². The number of benzene rings is 1. The number of sulfonamides is 1. The summed E-state index contributed by atoms with van der Waals surface area (Å²) in [5.41, 5.74) is -0.149. The summed E-state index contributed by atoms with van der Waals surface area (Å²) < 4.78 is 25.0. The van der Waals surface area contributed by atoms with Crippen molar-refractivity contribution in [2.24, 2.45) is 17.3 Å². The number of nitrogens with zero attached hydrogens (tertiary/aromatic N) is 1. The van der Waals surface area contributed by atoms with Crippen molar-refractivity contribution >= 4 is 27.6 Å². The van der Waals surface area contributed by atoms with Gasteiger partial charge in [-0.1, -0.05) is 13.8 Å². The molecule has 1 fully saturated rings. The summed E-state index contributed by atoms with van der Waals surface area (Å²) in [6, 6.07) is 5.77. The summed E-state index contributed by atoms with van der Waals surface area (Å²) >= 11 is 0. The first-order valence-electron chi connectivity index (χ1n) is 7.06. The van der Waals surface area contributed by atoms with E-state index in [4.69, 9.17) is 5.11 Å². The van der Waals surface area contributed by atoms with Crippen LogP contribution >= 0.6 is 0 Å². The van der Waals surface area contributed by atoms with Crippen molar-refractivity contribution in [2.45, 2.75) is 18.7 Å². The topological polar surface area (TPSA) is 104 Å². The Morgan fingerprint density at radius 3 is 2.04 bits per heavy atom. The van der Waals surface area contributed by atoms with Crippen molar-refractivity contribution in [3.8, 4) is 0 Å². The zero-order valence-electron chi connectivity index (χ0n) is 13.4. The van der Waals surface area contributed by atoms with E-state index in [-0.39, 0.29) is 10.8 Å². The third kappa shape index (κ3) is 3.09. The number of rotatable bonds is 5. The summed E-state index contributed by atoms with van der Waals surface area (Å²) in [5, 5.41) is 11.7. The van der Waals surface area contributed by atoms with Crippen molar-refractivity contribution < 1.29 is 23.1 Å². The van der Waals surface area contributed by atoms with Gasteiger partial charge < -0.3 is 10.4 Å². The summed E-state index contributed by atoms with van der Waals surface area (Å²) in [6.07, 6.45) is 0. The molecule has 0 spiro atoms. The summed E-state index contributed by atoms with van der Waals surface area (Å²) in [5.74, 6) is -2.64. The minimum Gasteiger partial charge on any atom is -0.481 e. The van der Waals surface area contributed by atoms with Crippen LogP contribution in [0.15, 0.2) is 29.2 Å². The molecule has 1 saturated carbocycles. The van der Waals surface area contributed by atoms with E-state index in [9.17, 15) is 18.0 Å². The Morgan fingerprint density at radius 1 is 1.13 bits per heavy atom. The van der Waals surface area contributed by atoms with Crippen LogP contribution in [-0.4, -0.2) is 43.8 Å². The van der Waals surface area contributed by atoms with Gasteiger partial charge >= 0.3 is 5.97 Å². The summed E-state index contributed by atoms with van der Waals surface area (Å²) in [7, 11) is -0.648. The second-order valence-electron chi connectivity index (χ2n) is 6.42. The van der Waals surface area contributed by atoms with E-state index in [1.807, 2.05) is 0 Å². The van der Waals surface area contributed by atoms with Gasteiger partial charge in [0.15, 0.2) is 0 Å². The third-order valence-electron chi connectivity index (χ3n) is 4.28. The van der Waals surface area contributed by atoms with Gasteiger partial charge in [-0.15, -0.1) is 0 Å². The van der Waals surface area contributed by atoms with Crippen LogP contribution in [0.4, 0.5) is 5.69 Å². The molecule has 0 aromatic heterocycles. The Bertz CT molecular complexity index is 738. The molecule has 2 rings (SSSR count). The van der Waals surface area contributed by atoms with Crippen molar-refractivity contribution in [3.05, 3.63) is 24.3 Å². The number of carboxylic acid groups (broad SMARTS) is 1. The van der Waals surface area contributed by atoms with Gasteiger partial charge in [-0.3, -0.25) is 9.59 Å². The third-order valence-corrected chi connectivity index (χ3v) is 6.11. The van der Waals surface area contributed by atoms with Gasteiger partial charge in [0.25, 0.3) is 0 Å². The van der Waals surface area contributed by atoms with Gasteiger partial charge in [0.05, 0.1) is 16.7 Å². The van der Waals surface area contributed by atoms with Crippen LogP contribution in [0.25, 0.3) is 0 Å². The number of carboxylic acids is 1. The Kier molecular flexibility index (Phi) is 4.25. The van der Waals surface area contributed by atoms with Crippen molar-refractivity contribution in [3.63, 3.8) is 0 Å². The van der Waals surface area contributed by atoms with E-state index in [1.165, 1.54) is 38.4 Å². The number of nitrogens with one attached hydrogen (secondary N) is 1. The molecule has 1 amide bonds. The second-order valence-corrected chi connectivity index (χ2v) is 8.57. The van der Waals surface area contributed by atoms with Crippen LogP contribution in [0.5, 0.6) is 0 Å². The highest BCUT2D eigenvalue weighted by Gasteiger charge is 2.65. The molecule has 2 atom stereocenters. The maximum Gasteiger partial charge on any atom is 0.307 e. The zero-order chi connectivity index (χ0) is 17.6. The number of carbonyl (C=O) groups is 2. The molecular formula is C15H20N2O5S. The molecule has 1 aromatic rings. The smallest absolute Gasteiger partial charge is 0.307 e. The number of hydrogen-bond donors (Lipinski definition) is 2. The molecule has 23 heavy (non-hydrogen) atoms. The highest BCUT2D eigenvalue weighted by Crippen LogP contribution is 2.58. The molecule has 1 aliphatic rings. The molecule has 2 unspecified atom stereocenters. The van der Waals surface area contributed by atoms with E-state index in [1.54, 1.807) is 13.8 Å². The molecule has 126 valence electrons. The molecular weight excluding hydrogens is 320 g/mol. The monoisotopic (exact) mass is 340 g/mol. The number of hydrogen-bond acceptors (Lipinski definition) is 4. The largest absolute Gasteiger partial charge is 0.481 e. The molecule has 2 N–H and O–H groups in total. The first-order chi connectivity index (χ1) is 10.5. The normalized spacial score (nSPS) is 22.7. The predicted molar refractivity (Wildman–Crippen MR) is 84.3 cm³/mol. The molecule has 1 aliphatic carbocycles. The van der Waals surface area contributed by atoms with E-state index in [0.29, 0.717) is 5.69 Å². The first kappa shape index (κ1) is 17.4. The van der Waals surface area contributed by atoms with Crippen molar-refractivity contribution in [2.75, 3.05) is 19.4 Å². The summed E-state index contributed by atoms with van der Waals surface area (Å²) in [4.78, 5) is 23.4. The Labute approximate surface area is 135 Å². The van der Waals surface area contributed by atoms with Gasteiger partial charge in [0, 0.05) is 19.8 Å². The molecule has 0 bridgehead atoms. The number of amides is 1. The number of carbonyl (C=O) groups excluding carboxylic acids is 1. The summed E-state index contributed by atoms with van der Waals surface area (Å²) in [6.45, 7) is 3.48. The maximum atomic E-state index is 12.2. The lowest BCUT2D eigenvalue weighted by atomic mass is 10.1. The van der Waals surface area contributed by atoms with Gasteiger partial charge in [-0.25, -0.2) is 12.7 Å². The minimum atomic E-state index is -3.52.